The number of hydrogen-bond donors (Lipinski definition) is 0. The Labute approximate surface area is 96.8 Å². The average molecular weight is 218 g/mol. The van der Waals surface area contributed by atoms with Crippen molar-refractivity contribution in [2.45, 2.75) is 30.9 Å². The van der Waals surface area contributed by atoms with Gasteiger partial charge in [0.25, 0.3) is 0 Å². The van der Waals surface area contributed by atoms with Gasteiger partial charge in [0.1, 0.15) is 0 Å². The van der Waals surface area contributed by atoms with Gasteiger partial charge in [-0.2, -0.15) is 11.8 Å². The molecular weight excluding hydrogens is 200 g/mol. The van der Waals surface area contributed by atoms with Gasteiger partial charge in [-0.3, -0.25) is 0 Å². The third kappa shape index (κ3) is 2.12. The molecule has 80 valence electrons. The summed E-state index contributed by atoms with van der Waals surface area (Å²) in [6, 6.07) is 0. The fourth-order valence-electron chi connectivity index (χ4n) is 2.28. The van der Waals surface area contributed by atoms with E-state index in [1.54, 1.807) is 0 Å². The first kappa shape index (κ1) is 10.8. The zero-order valence-electron chi connectivity index (χ0n) is 9.49. The minimum absolute atomic E-state index is 0.315. The van der Waals surface area contributed by atoms with Crippen LogP contribution in [0.2, 0.25) is 0 Å². The first-order valence-corrected chi connectivity index (χ1v) is 6.74. The van der Waals surface area contributed by atoms with E-state index in [4.69, 9.17) is 0 Å². The molecule has 0 aromatic heterocycles. The van der Waals surface area contributed by atoms with Crippen LogP contribution in [0.1, 0.15) is 26.2 Å². The van der Waals surface area contributed by atoms with E-state index in [1.807, 2.05) is 11.8 Å². The van der Waals surface area contributed by atoms with Gasteiger partial charge in [0.15, 0.2) is 0 Å². The van der Waals surface area contributed by atoms with Gasteiger partial charge in [0.2, 0.25) is 0 Å². The highest BCUT2D eigenvalue weighted by Gasteiger charge is 2.31. The molecule has 0 aromatic carbocycles. The largest absolute Gasteiger partial charge is 0.153 e. The zero-order chi connectivity index (χ0) is 10.7. The van der Waals surface area contributed by atoms with Crippen molar-refractivity contribution in [2.75, 3.05) is 6.26 Å². The van der Waals surface area contributed by atoms with Crippen molar-refractivity contribution in [1.82, 2.24) is 0 Å². The molecule has 15 heavy (non-hydrogen) atoms. The highest BCUT2D eigenvalue weighted by Crippen LogP contribution is 2.43. The molecule has 0 bridgehead atoms. The van der Waals surface area contributed by atoms with Crippen LogP contribution >= 0.6 is 11.8 Å². The second-order valence-electron chi connectivity index (χ2n) is 4.27. The molecular formula is C14H18S. The van der Waals surface area contributed by atoms with Gasteiger partial charge < -0.3 is 0 Å². The molecule has 0 nitrogen and oxygen atoms in total. The summed E-state index contributed by atoms with van der Waals surface area (Å²) >= 11 is 1.99. The van der Waals surface area contributed by atoms with E-state index < -0.39 is 0 Å². The predicted molar refractivity (Wildman–Crippen MR) is 70.2 cm³/mol. The van der Waals surface area contributed by atoms with Crippen LogP contribution in [0.5, 0.6) is 0 Å². The lowest BCUT2D eigenvalue weighted by molar-refractivity contribution is 0.673. The van der Waals surface area contributed by atoms with Crippen LogP contribution in [0.3, 0.4) is 0 Å². The molecule has 0 fully saturated rings. The van der Waals surface area contributed by atoms with Gasteiger partial charge in [0.05, 0.1) is 0 Å². The number of thioether (sulfide) groups is 1. The summed E-state index contributed by atoms with van der Waals surface area (Å²) < 4.78 is 0.315. The van der Waals surface area contributed by atoms with Crippen LogP contribution in [-0.2, 0) is 0 Å². The molecule has 0 heterocycles. The zero-order valence-corrected chi connectivity index (χ0v) is 10.3. The maximum absolute atomic E-state index is 2.35. The molecule has 0 saturated carbocycles. The molecule has 0 spiro atoms. The lowest BCUT2D eigenvalue weighted by Crippen LogP contribution is -2.27. The average Bonchev–Trinajstić information content (AvgIpc) is 2.74. The summed E-state index contributed by atoms with van der Waals surface area (Å²) in [4.78, 5) is 0. The van der Waals surface area contributed by atoms with Gasteiger partial charge in [-0.1, -0.05) is 47.6 Å². The minimum Gasteiger partial charge on any atom is -0.153 e. The van der Waals surface area contributed by atoms with Crippen molar-refractivity contribution in [1.29, 1.82) is 0 Å². The van der Waals surface area contributed by atoms with Crippen molar-refractivity contribution >= 4 is 11.8 Å². The summed E-state index contributed by atoms with van der Waals surface area (Å²) in [6.45, 7) is 2.26. The highest BCUT2D eigenvalue weighted by molar-refractivity contribution is 8.00. The van der Waals surface area contributed by atoms with E-state index in [1.165, 1.54) is 24.0 Å². The van der Waals surface area contributed by atoms with Crippen molar-refractivity contribution in [3.63, 3.8) is 0 Å². The van der Waals surface area contributed by atoms with E-state index in [2.05, 4.69) is 49.6 Å². The van der Waals surface area contributed by atoms with E-state index in [9.17, 15) is 0 Å². The molecule has 1 unspecified atom stereocenters. The third-order valence-corrected chi connectivity index (χ3v) is 4.79. The van der Waals surface area contributed by atoms with E-state index in [0.29, 0.717) is 4.75 Å². The topological polar surface area (TPSA) is 0 Å². The number of rotatable bonds is 3. The molecule has 0 aromatic rings. The molecule has 0 aliphatic heterocycles. The summed E-state index contributed by atoms with van der Waals surface area (Å²) in [7, 11) is 0. The molecule has 1 atom stereocenters. The first-order valence-electron chi connectivity index (χ1n) is 5.51. The fraction of sp³-hybridized carbons (Fsp3) is 0.429. The standard InChI is InChI=1S/C14H18S/c1-12-7-5-6-10-14(12,15-2)11-13-8-3-4-9-13/h3,5-9H,4,10-11H2,1-2H3. The summed E-state index contributed by atoms with van der Waals surface area (Å²) in [5.74, 6) is 0. The fourth-order valence-corrected chi connectivity index (χ4v) is 3.24. The molecule has 2 rings (SSSR count). The van der Waals surface area contributed by atoms with Crippen molar-refractivity contribution < 1.29 is 0 Å². The quantitative estimate of drug-likeness (QED) is 0.681. The second kappa shape index (κ2) is 4.44. The Morgan fingerprint density at radius 2 is 2.27 bits per heavy atom. The maximum Gasteiger partial charge on any atom is 0.0440 e. The number of allylic oxidation sites excluding steroid dienone is 7. The normalized spacial score (nSPS) is 29.2. The second-order valence-corrected chi connectivity index (χ2v) is 5.46. The Morgan fingerprint density at radius 3 is 2.87 bits per heavy atom. The van der Waals surface area contributed by atoms with E-state index >= 15 is 0 Å². The lowest BCUT2D eigenvalue weighted by atomic mass is 9.86. The molecule has 2 aliphatic rings. The van der Waals surface area contributed by atoms with Crippen LogP contribution < -0.4 is 0 Å². The predicted octanol–water partition coefficient (Wildman–Crippen LogP) is 4.27. The van der Waals surface area contributed by atoms with Gasteiger partial charge in [-0.25, -0.2) is 0 Å². The number of hydrogen-bond acceptors (Lipinski definition) is 1. The monoisotopic (exact) mass is 218 g/mol. The highest BCUT2D eigenvalue weighted by atomic mass is 32.2. The van der Waals surface area contributed by atoms with Crippen molar-refractivity contribution in [3.8, 4) is 0 Å². The van der Waals surface area contributed by atoms with Gasteiger partial charge in [-0.15, -0.1) is 0 Å². The summed E-state index contributed by atoms with van der Waals surface area (Å²) in [6.07, 6.45) is 19.3. The van der Waals surface area contributed by atoms with Crippen LogP contribution in [0.4, 0.5) is 0 Å². The molecule has 1 heteroatoms. The summed E-state index contributed by atoms with van der Waals surface area (Å²) in [5, 5.41) is 0. The van der Waals surface area contributed by atoms with Gasteiger partial charge in [-0.05, 0) is 32.4 Å². The van der Waals surface area contributed by atoms with E-state index in [-0.39, 0.29) is 0 Å². The Hall–Kier alpha value is -0.690. The maximum atomic E-state index is 2.35. The van der Waals surface area contributed by atoms with Crippen LogP contribution in [0.25, 0.3) is 0 Å². The van der Waals surface area contributed by atoms with E-state index in [0.717, 1.165) is 6.42 Å². The Balaban J connectivity index is 2.18. The SMILES string of the molecule is CSC1(CC2=CCC=C2)CC=CC=C1C. The van der Waals surface area contributed by atoms with Crippen molar-refractivity contribution in [3.05, 3.63) is 47.6 Å². The third-order valence-electron chi connectivity index (χ3n) is 3.38. The molecule has 0 saturated heterocycles. The lowest BCUT2D eigenvalue weighted by Gasteiger charge is -2.34. The molecule has 0 radical (unpaired) electrons. The Bertz CT molecular complexity index is 358. The molecule has 0 N–H and O–H groups in total. The first-order chi connectivity index (χ1) is 7.27. The van der Waals surface area contributed by atoms with Crippen molar-refractivity contribution in [2.24, 2.45) is 0 Å². The minimum atomic E-state index is 0.315. The van der Waals surface area contributed by atoms with Crippen LogP contribution in [0, 0.1) is 0 Å². The molecule has 0 amide bonds. The van der Waals surface area contributed by atoms with Crippen LogP contribution in [0.15, 0.2) is 47.6 Å². The summed E-state index contributed by atoms with van der Waals surface area (Å²) in [5.41, 5.74) is 3.02. The van der Waals surface area contributed by atoms with Gasteiger partial charge >= 0.3 is 0 Å². The Kier molecular flexibility index (Phi) is 3.20. The molecule has 2 aliphatic carbocycles. The van der Waals surface area contributed by atoms with Crippen LogP contribution in [-0.4, -0.2) is 11.0 Å². The van der Waals surface area contributed by atoms with Gasteiger partial charge in [0, 0.05) is 4.75 Å². The Morgan fingerprint density at radius 1 is 1.40 bits per heavy atom. The smallest absolute Gasteiger partial charge is 0.0440 e.